The minimum atomic E-state index is -0.420. The monoisotopic (exact) mass is 320 g/mol. The Hall–Kier alpha value is -2.35. The second kappa shape index (κ2) is 5.09. The molecule has 0 atom stereocenters. The van der Waals surface area contributed by atoms with Crippen LogP contribution in [0.4, 0.5) is 0 Å². The Morgan fingerprint density at radius 1 is 1.30 bits per heavy atom. The van der Waals surface area contributed by atoms with E-state index in [0.29, 0.717) is 17.0 Å². The predicted molar refractivity (Wildman–Crippen MR) is 85.0 cm³/mol. The molecule has 3 aromatic rings. The fourth-order valence-electron chi connectivity index (χ4n) is 2.48. The Kier molecular flexibility index (Phi) is 3.44. The van der Waals surface area contributed by atoms with E-state index in [0.717, 1.165) is 10.3 Å². The normalized spacial score (nSPS) is 12.6. The first kappa shape index (κ1) is 15.5. The van der Waals surface area contributed by atoms with E-state index in [4.69, 9.17) is 9.15 Å². The number of fused-ring (bicyclic) bond motifs is 3. The molecule has 8 heteroatoms. The molecule has 3 aromatic heterocycles. The summed E-state index contributed by atoms with van der Waals surface area (Å²) >= 11 is 0. The van der Waals surface area contributed by atoms with Crippen LogP contribution in [0.25, 0.3) is 17.0 Å². The van der Waals surface area contributed by atoms with Crippen LogP contribution in [-0.4, -0.2) is 32.2 Å². The molecule has 3 rings (SSSR count). The van der Waals surface area contributed by atoms with E-state index < -0.39 is 11.2 Å². The average molecular weight is 320 g/mol. The van der Waals surface area contributed by atoms with Crippen LogP contribution in [-0.2, 0) is 23.7 Å². The summed E-state index contributed by atoms with van der Waals surface area (Å²) in [6, 6.07) is 0. The van der Waals surface area contributed by atoms with E-state index in [1.165, 1.54) is 11.7 Å². The Morgan fingerprint density at radius 3 is 2.61 bits per heavy atom. The number of methoxy groups -OCH3 is 1. The average Bonchev–Trinajstić information content (AvgIpc) is 3.02. The maximum atomic E-state index is 12.7. The van der Waals surface area contributed by atoms with Crippen LogP contribution < -0.4 is 11.2 Å². The molecule has 0 N–H and O–H groups in total. The first-order valence-corrected chi connectivity index (χ1v) is 7.36. The largest absolute Gasteiger partial charge is 0.428 e. The standard InChI is InChI=1S/C15H20N4O4/c1-15(2,3)9-8-19-10-11(16-13(19)23-9)17(4)14(21)18(12(10)20)6-7-22-5/h8H,6-7H2,1-5H3. The van der Waals surface area contributed by atoms with Crippen LogP contribution in [0.3, 0.4) is 0 Å². The summed E-state index contributed by atoms with van der Waals surface area (Å²) in [6.45, 7) is 6.51. The zero-order valence-corrected chi connectivity index (χ0v) is 13.9. The van der Waals surface area contributed by atoms with Crippen molar-refractivity contribution >= 4 is 17.0 Å². The lowest BCUT2D eigenvalue weighted by atomic mass is 9.94. The van der Waals surface area contributed by atoms with Gasteiger partial charge in [-0.2, -0.15) is 4.98 Å². The van der Waals surface area contributed by atoms with E-state index in [1.54, 1.807) is 17.6 Å². The molecule has 0 saturated heterocycles. The van der Waals surface area contributed by atoms with Gasteiger partial charge in [0.15, 0.2) is 11.2 Å². The maximum Gasteiger partial charge on any atom is 0.332 e. The number of aromatic nitrogens is 4. The lowest BCUT2D eigenvalue weighted by Gasteiger charge is -2.13. The number of rotatable bonds is 3. The van der Waals surface area contributed by atoms with Gasteiger partial charge in [0.25, 0.3) is 5.56 Å². The molecule has 0 aliphatic rings. The SMILES string of the molecule is COCCn1c(=O)c2c(nc3oc(C(C)(C)C)cn32)n(C)c1=O. The lowest BCUT2D eigenvalue weighted by Crippen LogP contribution is -2.40. The molecule has 0 bridgehead atoms. The van der Waals surface area contributed by atoms with E-state index in [1.807, 2.05) is 20.8 Å². The third kappa shape index (κ3) is 2.29. The van der Waals surface area contributed by atoms with Crippen molar-refractivity contribution in [3.05, 3.63) is 32.8 Å². The van der Waals surface area contributed by atoms with Crippen LogP contribution in [0.2, 0.25) is 0 Å². The number of aryl methyl sites for hydroxylation is 1. The summed E-state index contributed by atoms with van der Waals surface area (Å²) in [7, 11) is 3.11. The zero-order valence-electron chi connectivity index (χ0n) is 13.9. The van der Waals surface area contributed by atoms with Gasteiger partial charge in [-0.25, -0.2) is 4.79 Å². The quantitative estimate of drug-likeness (QED) is 0.715. The van der Waals surface area contributed by atoms with Crippen LogP contribution in [0.1, 0.15) is 26.5 Å². The summed E-state index contributed by atoms with van der Waals surface area (Å²) < 4.78 is 14.9. The van der Waals surface area contributed by atoms with Crippen LogP contribution >= 0.6 is 0 Å². The Balaban J connectivity index is 2.37. The highest BCUT2D eigenvalue weighted by atomic mass is 16.5. The van der Waals surface area contributed by atoms with Crippen molar-refractivity contribution in [2.45, 2.75) is 32.7 Å². The second-order valence-corrected chi connectivity index (χ2v) is 6.57. The molecule has 0 spiro atoms. The van der Waals surface area contributed by atoms with Gasteiger partial charge in [-0.3, -0.25) is 18.3 Å². The van der Waals surface area contributed by atoms with Crippen LogP contribution in [0, 0.1) is 0 Å². The summed E-state index contributed by atoms with van der Waals surface area (Å²) in [6.07, 6.45) is 1.76. The number of hydrogen-bond donors (Lipinski definition) is 0. The fraction of sp³-hybridized carbons (Fsp3) is 0.533. The number of hydrogen-bond acceptors (Lipinski definition) is 5. The van der Waals surface area contributed by atoms with Gasteiger partial charge in [0.05, 0.1) is 19.3 Å². The van der Waals surface area contributed by atoms with Crippen molar-refractivity contribution < 1.29 is 9.15 Å². The molecule has 0 amide bonds. The Bertz CT molecular complexity index is 997. The lowest BCUT2D eigenvalue weighted by molar-refractivity contribution is 0.184. The first-order chi connectivity index (χ1) is 10.8. The van der Waals surface area contributed by atoms with Gasteiger partial charge >= 0.3 is 11.5 Å². The minimum Gasteiger partial charge on any atom is -0.428 e. The summed E-state index contributed by atoms with van der Waals surface area (Å²) in [4.78, 5) is 29.4. The van der Waals surface area contributed by atoms with E-state index in [9.17, 15) is 9.59 Å². The predicted octanol–water partition coefficient (Wildman–Crippen LogP) is 0.885. The Labute approximate surface area is 131 Å². The van der Waals surface area contributed by atoms with Gasteiger partial charge < -0.3 is 9.15 Å². The van der Waals surface area contributed by atoms with E-state index in [2.05, 4.69) is 4.98 Å². The highest BCUT2D eigenvalue weighted by Crippen LogP contribution is 2.25. The summed E-state index contributed by atoms with van der Waals surface area (Å²) in [5, 5.41) is 0. The maximum absolute atomic E-state index is 12.7. The molecule has 0 radical (unpaired) electrons. The molecule has 0 unspecified atom stereocenters. The van der Waals surface area contributed by atoms with Gasteiger partial charge in [0, 0.05) is 19.6 Å². The third-order valence-electron chi connectivity index (χ3n) is 3.85. The molecule has 23 heavy (non-hydrogen) atoms. The van der Waals surface area contributed by atoms with Crippen molar-refractivity contribution in [3.63, 3.8) is 0 Å². The molecule has 124 valence electrons. The van der Waals surface area contributed by atoms with Gasteiger partial charge in [0.1, 0.15) is 5.76 Å². The van der Waals surface area contributed by atoms with Gasteiger partial charge in [0.2, 0.25) is 0 Å². The summed E-state index contributed by atoms with van der Waals surface area (Å²) in [5.41, 5.74) is -0.376. The van der Waals surface area contributed by atoms with Gasteiger partial charge in [-0.15, -0.1) is 0 Å². The molecular formula is C15H20N4O4. The zero-order chi connectivity index (χ0) is 16.9. The van der Waals surface area contributed by atoms with Crippen LogP contribution in [0.5, 0.6) is 0 Å². The number of nitrogens with zero attached hydrogens (tertiary/aromatic N) is 4. The fourth-order valence-corrected chi connectivity index (χ4v) is 2.48. The second-order valence-electron chi connectivity index (χ2n) is 6.57. The Morgan fingerprint density at radius 2 is 2.00 bits per heavy atom. The molecule has 3 heterocycles. The van der Waals surface area contributed by atoms with Crippen molar-refractivity contribution in [1.82, 2.24) is 18.5 Å². The molecular weight excluding hydrogens is 300 g/mol. The highest BCUT2D eigenvalue weighted by Gasteiger charge is 2.24. The molecule has 0 fully saturated rings. The van der Waals surface area contributed by atoms with E-state index >= 15 is 0 Å². The van der Waals surface area contributed by atoms with Gasteiger partial charge in [-0.1, -0.05) is 20.8 Å². The first-order valence-electron chi connectivity index (χ1n) is 7.36. The van der Waals surface area contributed by atoms with Gasteiger partial charge in [-0.05, 0) is 0 Å². The molecule has 0 aliphatic carbocycles. The topological polar surface area (TPSA) is 83.7 Å². The molecule has 0 aliphatic heterocycles. The third-order valence-corrected chi connectivity index (χ3v) is 3.85. The smallest absolute Gasteiger partial charge is 0.332 e. The summed E-state index contributed by atoms with van der Waals surface area (Å²) in [5.74, 6) is 1.03. The van der Waals surface area contributed by atoms with Crippen molar-refractivity contribution in [1.29, 1.82) is 0 Å². The number of ether oxygens (including phenoxy) is 1. The molecule has 0 aromatic carbocycles. The molecule has 8 nitrogen and oxygen atoms in total. The highest BCUT2D eigenvalue weighted by molar-refractivity contribution is 5.74. The van der Waals surface area contributed by atoms with E-state index in [-0.39, 0.29) is 18.6 Å². The molecule has 0 saturated carbocycles. The van der Waals surface area contributed by atoms with Crippen molar-refractivity contribution in [3.8, 4) is 0 Å². The number of imidazole rings is 1. The van der Waals surface area contributed by atoms with Crippen LogP contribution in [0.15, 0.2) is 20.2 Å². The van der Waals surface area contributed by atoms with Crippen molar-refractivity contribution in [2.24, 2.45) is 7.05 Å². The van der Waals surface area contributed by atoms with Crippen molar-refractivity contribution in [2.75, 3.05) is 13.7 Å². The minimum absolute atomic E-state index is 0.190. The number of oxazole rings is 1.